The van der Waals surface area contributed by atoms with Gasteiger partial charge in [-0.3, -0.25) is 4.18 Å². The molecule has 0 bridgehead atoms. The Morgan fingerprint density at radius 1 is 1.12 bits per heavy atom. The molecule has 0 atom stereocenters. The van der Waals surface area contributed by atoms with Crippen LogP contribution in [0, 0.1) is 0 Å². The molecule has 0 N–H and O–H groups in total. The van der Waals surface area contributed by atoms with Crippen LogP contribution in [-0.2, 0) is 14.3 Å². The summed E-state index contributed by atoms with van der Waals surface area (Å²) in [5.74, 6) is 0. The van der Waals surface area contributed by atoms with E-state index in [-0.39, 0.29) is 6.61 Å². The molecule has 0 aromatic heterocycles. The van der Waals surface area contributed by atoms with Crippen LogP contribution in [0.1, 0.15) is 40.0 Å². The summed E-state index contributed by atoms with van der Waals surface area (Å²) in [7, 11) is -3.29. The van der Waals surface area contributed by atoms with Crippen LogP contribution in [0.3, 0.4) is 0 Å². The third-order valence-corrected chi connectivity index (χ3v) is 2.59. The third kappa shape index (κ3) is 11.5. The molecule has 0 aliphatic rings. The average molecular weight is 246 g/mol. The molecule has 0 aliphatic carbocycles. The van der Waals surface area contributed by atoms with Gasteiger partial charge in [0.05, 0.1) is 12.9 Å². The Labute approximate surface area is 99.3 Å². The maximum absolute atomic E-state index is 10.7. The van der Waals surface area contributed by atoms with E-state index in [4.69, 9.17) is 0 Å². The van der Waals surface area contributed by atoms with E-state index < -0.39 is 10.1 Å². The monoisotopic (exact) mass is 246 g/mol. The van der Waals surface area contributed by atoms with E-state index in [1.54, 1.807) is 0 Å². The van der Waals surface area contributed by atoms with Gasteiger partial charge in [-0.25, -0.2) is 0 Å². The standard InChI is InChI=1S/C12H22O3S/c1-11(2)7-5-8-12(3)9-6-10-15-16(4,13)14/h7,9H,5-6,8,10H2,1-4H3/b12-9+. The van der Waals surface area contributed by atoms with E-state index in [0.717, 1.165) is 19.1 Å². The molecule has 0 spiro atoms. The summed E-state index contributed by atoms with van der Waals surface area (Å²) in [6.07, 6.45) is 8.00. The number of hydrogen-bond donors (Lipinski definition) is 0. The van der Waals surface area contributed by atoms with Crippen LogP contribution >= 0.6 is 0 Å². The first-order valence-corrected chi connectivity index (χ1v) is 7.26. The topological polar surface area (TPSA) is 43.4 Å². The summed E-state index contributed by atoms with van der Waals surface area (Å²) in [4.78, 5) is 0. The van der Waals surface area contributed by atoms with Crippen molar-refractivity contribution >= 4 is 10.1 Å². The zero-order valence-electron chi connectivity index (χ0n) is 10.6. The van der Waals surface area contributed by atoms with Crippen molar-refractivity contribution in [3.05, 3.63) is 23.3 Å². The highest BCUT2D eigenvalue weighted by Crippen LogP contribution is 2.07. The summed E-state index contributed by atoms with van der Waals surface area (Å²) in [6, 6.07) is 0. The van der Waals surface area contributed by atoms with E-state index in [0.29, 0.717) is 6.42 Å². The number of rotatable bonds is 7. The second-order valence-electron chi connectivity index (χ2n) is 4.19. The van der Waals surface area contributed by atoms with E-state index in [2.05, 4.69) is 31.0 Å². The zero-order chi connectivity index (χ0) is 12.6. The summed E-state index contributed by atoms with van der Waals surface area (Å²) < 4.78 is 26.0. The first-order chi connectivity index (χ1) is 7.31. The highest BCUT2D eigenvalue weighted by atomic mass is 32.2. The molecule has 0 saturated heterocycles. The number of hydrogen-bond acceptors (Lipinski definition) is 3. The van der Waals surface area contributed by atoms with E-state index in [9.17, 15) is 8.42 Å². The molecule has 0 heterocycles. The van der Waals surface area contributed by atoms with Crippen molar-refractivity contribution in [1.82, 2.24) is 0 Å². The minimum atomic E-state index is -3.29. The Bertz CT molecular complexity index is 346. The molecule has 0 fully saturated rings. The van der Waals surface area contributed by atoms with Crippen molar-refractivity contribution in [1.29, 1.82) is 0 Å². The Balaban J connectivity index is 3.75. The number of allylic oxidation sites excluding steroid dienone is 3. The molecule has 0 amide bonds. The first-order valence-electron chi connectivity index (χ1n) is 5.44. The average Bonchev–Trinajstić information content (AvgIpc) is 2.10. The van der Waals surface area contributed by atoms with Crippen LogP contribution < -0.4 is 0 Å². The molecule has 0 radical (unpaired) electrons. The summed E-state index contributed by atoms with van der Waals surface area (Å²) >= 11 is 0. The first kappa shape index (κ1) is 15.4. The Morgan fingerprint density at radius 3 is 2.25 bits per heavy atom. The second kappa shape index (κ2) is 7.63. The molecular formula is C12H22O3S. The van der Waals surface area contributed by atoms with Crippen molar-refractivity contribution in [3.63, 3.8) is 0 Å². The van der Waals surface area contributed by atoms with Crippen molar-refractivity contribution < 1.29 is 12.6 Å². The molecule has 0 saturated carbocycles. The van der Waals surface area contributed by atoms with Crippen LogP contribution in [0.2, 0.25) is 0 Å². The molecular weight excluding hydrogens is 224 g/mol. The summed E-state index contributed by atoms with van der Waals surface area (Å²) in [6.45, 7) is 6.45. The molecule has 0 unspecified atom stereocenters. The van der Waals surface area contributed by atoms with Crippen molar-refractivity contribution in [3.8, 4) is 0 Å². The fourth-order valence-electron chi connectivity index (χ4n) is 1.20. The minimum Gasteiger partial charge on any atom is -0.270 e. The fourth-order valence-corrected chi connectivity index (χ4v) is 1.59. The van der Waals surface area contributed by atoms with E-state index in [1.165, 1.54) is 11.1 Å². The summed E-state index contributed by atoms with van der Waals surface area (Å²) in [5, 5.41) is 0. The predicted octanol–water partition coefficient (Wildman–Crippen LogP) is 3.05. The van der Waals surface area contributed by atoms with Crippen LogP contribution in [0.4, 0.5) is 0 Å². The maximum Gasteiger partial charge on any atom is 0.264 e. The van der Waals surface area contributed by atoms with Gasteiger partial charge in [-0.2, -0.15) is 8.42 Å². The Morgan fingerprint density at radius 2 is 1.75 bits per heavy atom. The Hall–Kier alpha value is -0.610. The molecule has 94 valence electrons. The van der Waals surface area contributed by atoms with E-state index >= 15 is 0 Å². The molecule has 0 rings (SSSR count). The van der Waals surface area contributed by atoms with Gasteiger partial charge in [0.25, 0.3) is 10.1 Å². The van der Waals surface area contributed by atoms with Gasteiger partial charge in [0.15, 0.2) is 0 Å². The van der Waals surface area contributed by atoms with Crippen LogP contribution in [-0.4, -0.2) is 21.3 Å². The van der Waals surface area contributed by atoms with Gasteiger partial charge < -0.3 is 0 Å². The van der Waals surface area contributed by atoms with Crippen LogP contribution in [0.15, 0.2) is 23.3 Å². The van der Waals surface area contributed by atoms with Crippen molar-refractivity contribution in [2.75, 3.05) is 12.9 Å². The van der Waals surface area contributed by atoms with E-state index in [1.807, 2.05) is 6.08 Å². The lowest BCUT2D eigenvalue weighted by Gasteiger charge is -2.00. The molecule has 16 heavy (non-hydrogen) atoms. The van der Waals surface area contributed by atoms with Gasteiger partial charge in [0, 0.05) is 0 Å². The quantitative estimate of drug-likeness (QED) is 0.394. The molecule has 3 nitrogen and oxygen atoms in total. The third-order valence-electron chi connectivity index (χ3n) is 2.00. The largest absolute Gasteiger partial charge is 0.270 e. The molecule has 4 heteroatoms. The van der Waals surface area contributed by atoms with Gasteiger partial charge in [-0.05, 0) is 40.0 Å². The summed E-state index contributed by atoms with van der Waals surface area (Å²) in [5.41, 5.74) is 2.60. The molecule has 0 aromatic carbocycles. The molecule has 0 aliphatic heterocycles. The normalized spacial score (nSPS) is 12.6. The van der Waals surface area contributed by atoms with Gasteiger partial charge in [-0.1, -0.05) is 23.3 Å². The smallest absolute Gasteiger partial charge is 0.264 e. The minimum absolute atomic E-state index is 0.235. The maximum atomic E-state index is 10.7. The van der Waals surface area contributed by atoms with Gasteiger partial charge in [0.1, 0.15) is 0 Å². The van der Waals surface area contributed by atoms with Crippen LogP contribution in [0.5, 0.6) is 0 Å². The predicted molar refractivity (Wildman–Crippen MR) is 67.8 cm³/mol. The molecule has 0 aromatic rings. The Kier molecular flexibility index (Phi) is 7.34. The fraction of sp³-hybridized carbons (Fsp3) is 0.667. The van der Waals surface area contributed by atoms with Gasteiger partial charge in [0.2, 0.25) is 0 Å². The van der Waals surface area contributed by atoms with Crippen molar-refractivity contribution in [2.24, 2.45) is 0 Å². The van der Waals surface area contributed by atoms with Gasteiger partial charge in [-0.15, -0.1) is 0 Å². The lowest BCUT2D eigenvalue weighted by atomic mass is 10.1. The lowest BCUT2D eigenvalue weighted by molar-refractivity contribution is 0.328. The van der Waals surface area contributed by atoms with Crippen molar-refractivity contribution in [2.45, 2.75) is 40.0 Å². The highest BCUT2D eigenvalue weighted by Gasteiger charge is 1.99. The lowest BCUT2D eigenvalue weighted by Crippen LogP contribution is -2.03. The zero-order valence-corrected chi connectivity index (χ0v) is 11.4. The van der Waals surface area contributed by atoms with Gasteiger partial charge >= 0.3 is 0 Å². The van der Waals surface area contributed by atoms with Crippen LogP contribution in [0.25, 0.3) is 0 Å². The highest BCUT2D eigenvalue weighted by molar-refractivity contribution is 7.85. The SMILES string of the molecule is CC(C)=CCC/C(C)=C/CCOS(C)(=O)=O. The second-order valence-corrected chi connectivity index (χ2v) is 5.83.